The lowest BCUT2D eigenvalue weighted by molar-refractivity contribution is 0.118. The fourth-order valence-electron chi connectivity index (χ4n) is 1.88. The van der Waals surface area contributed by atoms with Crippen LogP contribution in [0.1, 0.15) is 5.56 Å². The second kappa shape index (κ2) is 4.64. The van der Waals surface area contributed by atoms with Gasteiger partial charge in [-0.2, -0.15) is 0 Å². The van der Waals surface area contributed by atoms with E-state index in [0.717, 1.165) is 12.2 Å². The molecule has 0 saturated carbocycles. The van der Waals surface area contributed by atoms with E-state index in [4.69, 9.17) is 9.47 Å². The van der Waals surface area contributed by atoms with Crippen LogP contribution in [-0.4, -0.2) is 31.5 Å². The molecule has 2 rings (SSSR count). The number of rotatable bonds is 3. The van der Waals surface area contributed by atoms with Crippen LogP contribution in [0.5, 0.6) is 5.75 Å². The van der Waals surface area contributed by atoms with E-state index in [1.165, 1.54) is 5.56 Å². The predicted octanol–water partition coefficient (Wildman–Crippen LogP) is 1.24. The van der Waals surface area contributed by atoms with Crippen LogP contribution in [0.2, 0.25) is 0 Å². The van der Waals surface area contributed by atoms with Gasteiger partial charge in [-0.1, -0.05) is 12.1 Å². The molecule has 0 bridgehead atoms. The molecular weight excluding hydrogens is 192 g/mol. The Morgan fingerprint density at radius 3 is 3.00 bits per heavy atom. The minimum atomic E-state index is -0.323. The highest BCUT2D eigenvalue weighted by Gasteiger charge is 2.26. The van der Waals surface area contributed by atoms with Crippen LogP contribution in [0.25, 0.3) is 0 Å². The molecule has 1 N–H and O–H groups in total. The minimum absolute atomic E-state index is 0.220. The number of benzene rings is 1. The summed E-state index contributed by atoms with van der Waals surface area (Å²) in [7, 11) is 1.66. The van der Waals surface area contributed by atoms with Gasteiger partial charge in [-0.05, 0) is 24.1 Å². The molecule has 1 aliphatic heterocycles. The highest BCUT2D eigenvalue weighted by Crippen LogP contribution is 2.21. The Hall–Kier alpha value is -1.06. The molecule has 2 atom stereocenters. The average Bonchev–Trinajstić information content (AvgIpc) is 2.65. The Morgan fingerprint density at radius 1 is 1.47 bits per heavy atom. The van der Waals surface area contributed by atoms with Gasteiger partial charge >= 0.3 is 0 Å². The third-order valence-corrected chi connectivity index (χ3v) is 2.80. The first-order valence-corrected chi connectivity index (χ1v) is 5.18. The Balaban J connectivity index is 2.03. The van der Waals surface area contributed by atoms with Crippen LogP contribution in [0.3, 0.4) is 0 Å². The zero-order valence-electron chi connectivity index (χ0n) is 8.85. The van der Waals surface area contributed by atoms with Crippen molar-refractivity contribution in [1.82, 2.24) is 0 Å². The SMILES string of the molecule is COc1cccc(C[C@H]2COC[C@H]2O)c1. The maximum atomic E-state index is 9.62. The molecule has 15 heavy (non-hydrogen) atoms. The molecule has 1 saturated heterocycles. The number of aliphatic hydroxyl groups excluding tert-OH is 1. The minimum Gasteiger partial charge on any atom is -0.497 e. The van der Waals surface area contributed by atoms with Gasteiger partial charge in [-0.15, -0.1) is 0 Å². The van der Waals surface area contributed by atoms with Crippen LogP contribution in [0.4, 0.5) is 0 Å². The molecule has 1 aromatic carbocycles. The van der Waals surface area contributed by atoms with Crippen molar-refractivity contribution in [2.24, 2.45) is 5.92 Å². The molecule has 0 aliphatic carbocycles. The van der Waals surface area contributed by atoms with Gasteiger partial charge in [0.25, 0.3) is 0 Å². The molecule has 82 valence electrons. The maximum absolute atomic E-state index is 9.62. The van der Waals surface area contributed by atoms with E-state index in [1.54, 1.807) is 7.11 Å². The zero-order valence-corrected chi connectivity index (χ0v) is 8.85. The summed E-state index contributed by atoms with van der Waals surface area (Å²) in [5.41, 5.74) is 1.18. The number of hydrogen-bond acceptors (Lipinski definition) is 3. The Bertz CT molecular complexity index is 324. The summed E-state index contributed by atoms with van der Waals surface area (Å²) >= 11 is 0. The zero-order chi connectivity index (χ0) is 10.7. The summed E-state index contributed by atoms with van der Waals surface area (Å²) in [6, 6.07) is 7.94. The summed E-state index contributed by atoms with van der Waals surface area (Å²) in [5.74, 6) is 1.08. The number of aliphatic hydroxyl groups is 1. The lowest BCUT2D eigenvalue weighted by Gasteiger charge is -2.12. The molecule has 3 nitrogen and oxygen atoms in total. The molecule has 1 fully saturated rings. The topological polar surface area (TPSA) is 38.7 Å². The fourth-order valence-corrected chi connectivity index (χ4v) is 1.88. The second-order valence-corrected chi connectivity index (χ2v) is 3.92. The third-order valence-electron chi connectivity index (χ3n) is 2.80. The van der Waals surface area contributed by atoms with Crippen LogP contribution in [0.15, 0.2) is 24.3 Å². The molecule has 1 aliphatic rings. The van der Waals surface area contributed by atoms with E-state index in [-0.39, 0.29) is 12.0 Å². The lowest BCUT2D eigenvalue weighted by Crippen LogP contribution is -2.19. The van der Waals surface area contributed by atoms with E-state index in [9.17, 15) is 5.11 Å². The maximum Gasteiger partial charge on any atom is 0.119 e. The quantitative estimate of drug-likeness (QED) is 0.812. The van der Waals surface area contributed by atoms with Gasteiger partial charge in [-0.3, -0.25) is 0 Å². The summed E-state index contributed by atoms with van der Waals surface area (Å²) in [5, 5.41) is 9.62. The van der Waals surface area contributed by atoms with Crippen LogP contribution < -0.4 is 4.74 Å². The molecular formula is C12H16O3. The van der Waals surface area contributed by atoms with E-state index < -0.39 is 0 Å². The van der Waals surface area contributed by atoms with E-state index in [0.29, 0.717) is 13.2 Å². The standard InChI is InChI=1S/C12H16O3/c1-14-11-4-2-3-9(6-11)5-10-7-15-8-12(10)13/h2-4,6,10,12-13H,5,7-8H2,1H3/t10-,12+/m0/s1. The summed E-state index contributed by atoms with van der Waals surface area (Å²) in [4.78, 5) is 0. The van der Waals surface area contributed by atoms with Crippen molar-refractivity contribution in [1.29, 1.82) is 0 Å². The molecule has 0 unspecified atom stereocenters. The van der Waals surface area contributed by atoms with Crippen molar-refractivity contribution < 1.29 is 14.6 Å². The first-order chi connectivity index (χ1) is 7.29. The Labute approximate surface area is 89.6 Å². The lowest BCUT2D eigenvalue weighted by atomic mass is 9.97. The van der Waals surface area contributed by atoms with Crippen LogP contribution in [-0.2, 0) is 11.2 Å². The van der Waals surface area contributed by atoms with Gasteiger partial charge in [0.05, 0.1) is 26.4 Å². The van der Waals surface area contributed by atoms with Crippen molar-refractivity contribution >= 4 is 0 Å². The predicted molar refractivity (Wildman–Crippen MR) is 57.0 cm³/mol. The Kier molecular flexibility index (Phi) is 3.23. The van der Waals surface area contributed by atoms with Crippen molar-refractivity contribution in [2.75, 3.05) is 20.3 Å². The molecule has 3 heteroatoms. The van der Waals surface area contributed by atoms with Gasteiger partial charge in [0.2, 0.25) is 0 Å². The summed E-state index contributed by atoms with van der Waals surface area (Å²) < 4.78 is 10.4. The van der Waals surface area contributed by atoms with Crippen LogP contribution >= 0.6 is 0 Å². The molecule has 1 heterocycles. The fraction of sp³-hybridized carbons (Fsp3) is 0.500. The second-order valence-electron chi connectivity index (χ2n) is 3.92. The van der Waals surface area contributed by atoms with Crippen molar-refractivity contribution in [3.8, 4) is 5.75 Å². The highest BCUT2D eigenvalue weighted by molar-refractivity contribution is 5.28. The van der Waals surface area contributed by atoms with E-state index in [1.807, 2.05) is 24.3 Å². The largest absolute Gasteiger partial charge is 0.497 e. The average molecular weight is 208 g/mol. The molecule has 0 spiro atoms. The first-order valence-electron chi connectivity index (χ1n) is 5.18. The smallest absolute Gasteiger partial charge is 0.119 e. The molecule has 0 radical (unpaired) electrons. The van der Waals surface area contributed by atoms with E-state index >= 15 is 0 Å². The van der Waals surface area contributed by atoms with Crippen molar-refractivity contribution in [3.05, 3.63) is 29.8 Å². The van der Waals surface area contributed by atoms with Gasteiger partial charge in [0.15, 0.2) is 0 Å². The van der Waals surface area contributed by atoms with Gasteiger partial charge in [0, 0.05) is 5.92 Å². The third kappa shape index (κ3) is 2.49. The summed E-state index contributed by atoms with van der Waals surface area (Å²) in [6.45, 7) is 1.12. The molecule has 1 aromatic rings. The van der Waals surface area contributed by atoms with Crippen molar-refractivity contribution in [2.45, 2.75) is 12.5 Å². The normalized spacial score (nSPS) is 25.5. The van der Waals surface area contributed by atoms with Gasteiger partial charge < -0.3 is 14.6 Å². The number of methoxy groups -OCH3 is 1. The van der Waals surface area contributed by atoms with Crippen LogP contribution in [0, 0.1) is 5.92 Å². The molecule has 0 aromatic heterocycles. The highest BCUT2D eigenvalue weighted by atomic mass is 16.5. The number of hydrogen-bond donors (Lipinski definition) is 1. The number of ether oxygens (including phenoxy) is 2. The monoisotopic (exact) mass is 208 g/mol. The van der Waals surface area contributed by atoms with Crippen molar-refractivity contribution in [3.63, 3.8) is 0 Å². The summed E-state index contributed by atoms with van der Waals surface area (Å²) in [6.07, 6.45) is 0.523. The first kappa shape index (κ1) is 10.5. The molecule has 0 amide bonds. The van der Waals surface area contributed by atoms with Gasteiger partial charge in [0.1, 0.15) is 5.75 Å². The Morgan fingerprint density at radius 2 is 2.33 bits per heavy atom. The van der Waals surface area contributed by atoms with E-state index in [2.05, 4.69) is 0 Å². The van der Waals surface area contributed by atoms with Gasteiger partial charge in [-0.25, -0.2) is 0 Å².